The lowest BCUT2D eigenvalue weighted by atomic mass is 10.1. The molecule has 146 valence electrons. The van der Waals surface area contributed by atoms with Crippen molar-refractivity contribution in [1.29, 1.82) is 0 Å². The van der Waals surface area contributed by atoms with Gasteiger partial charge in [-0.15, -0.1) is 10.2 Å². The number of nitrogens with one attached hydrogen (secondary N) is 2. The molecule has 0 aliphatic rings. The van der Waals surface area contributed by atoms with Crippen molar-refractivity contribution in [3.63, 3.8) is 0 Å². The second kappa shape index (κ2) is 10.1. The van der Waals surface area contributed by atoms with E-state index in [4.69, 9.17) is 0 Å². The Morgan fingerprint density at radius 2 is 1.93 bits per heavy atom. The number of benzene rings is 1. The average Bonchev–Trinajstić information content (AvgIpc) is 3.06. The Bertz CT molecular complexity index is 788. The second-order valence-corrected chi connectivity index (χ2v) is 7.45. The lowest BCUT2D eigenvalue weighted by Crippen LogP contribution is -2.37. The Balaban J connectivity index is 1.87. The molecule has 0 spiro atoms. The molecule has 0 aliphatic heterocycles. The molecular formula is C19H27N5O2S. The number of aromatic nitrogens is 3. The largest absolute Gasteiger partial charge is 0.354 e. The Kier molecular flexibility index (Phi) is 7.84. The molecule has 0 saturated heterocycles. The van der Waals surface area contributed by atoms with Gasteiger partial charge in [0.15, 0.2) is 11.0 Å². The standard InChI is InChI=1S/C19H27N5O2S/c1-5-24-17(15-8-6-7-14(4)11-15)22-23-19(24)27-12-16(25)20-9-10-21-18(26)13(2)3/h6-8,11,13H,5,9-10,12H2,1-4H3,(H,20,25)(H,21,26). The van der Waals surface area contributed by atoms with Crippen LogP contribution in [0.2, 0.25) is 0 Å². The fourth-order valence-electron chi connectivity index (χ4n) is 2.45. The minimum Gasteiger partial charge on any atom is -0.354 e. The highest BCUT2D eigenvalue weighted by atomic mass is 32.2. The van der Waals surface area contributed by atoms with Crippen molar-refractivity contribution >= 4 is 23.6 Å². The van der Waals surface area contributed by atoms with Gasteiger partial charge in [0.2, 0.25) is 11.8 Å². The quantitative estimate of drug-likeness (QED) is 0.507. The van der Waals surface area contributed by atoms with Crippen molar-refractivity contribution < 1.29 is 9.59 Å². The molecule has 0 aliphatic carbocycles. The third kappa shape index (κ3) is 6.09. The van der Waals surface area contributed by atoms with E-state index < -0.39 is 0 Å². The molecule has 2 amide bonds. The summed E-state index contributed by atoms with van der Waals surface area (Å²) in [4.78, 5) is 23.5. The highest BCUT2D eigenvalue weighted by Gasteiger charge is 2.14. The maximum Gasteiger partial charge on any atom is 0.230 e. The molecule has 1 heterocycles. The van der Waals surface area contributed by atoms with Crippen LogP contribution < -0.4 is 10.6 Å². The van der Waals surface area contributed by atoms with Gasteiger partial charge in [-0.3, -0.25) is 9.59 Å². The summed E-state index contributed by atoms with van der Waals surface area (Å²) >= 11 is 1.36. The minimum atomic E-state index is -0.0958. The zero-order chi connectivity index (χ0) is 19.8. The number of thioether (sulfide) groups is 1. The van der Waals surface area contributed by atoms with Gasteiger partial charge in [-0.2, -0.15) is 0 Å². The van der Waals surface area contributed by atoms with Gasteiger partial charge in [-0.1, -0.05) is 49.4 Å². The highest BCUT2D eigenvalue weighted by Crippen LogP contribution is 2.24. The highest BCUT2D eigenvalue weighted by molar-refractivity contribution is 7.99. The fourth-order valence-corrected chi connectivity index (χ4v) is 3.28. The monoisotopic (exact) mass is 389 g/mol. The van der Waals surface area contributed by atoms with Gasteiger partial charge in [-0.05, 0) is 19.9 Å². The summed E-state index contributed by atoms with van der Waals surface area (Å²) in [7, 11) is 0. The molecule has 0 fully saturated rings. The van der Waals surface area contributed by atoms with E-state index in [1.807, 2.05) is 50.5 Å². The molecule has 2 aromatic rings. The van der Waals surface area contributed by atoms with Crippen LogP contribution in [0.4, 0.5) is 0 Å². The number of rotatable bonds is 9. The summed E-state index contributed by atoms with van der Waals surface area (Å²) in [6.07, 6.45) is 0. The number of nitrogens with zero attached hydrogens (tertiary/aromatic N) is 3. The third-order valence-electron chi connectivity index (χ3n) is 3.91. The Morgan fingerprint density at radius 1 is 1.19 bits per heavy atom. The molecule has 0 radical (unpaired) electrons. The van der Waals surface area contributed by atoms with Crippen LogP contribution in [0.3, 0.4) is 0 Å². The van der Waals surface area contributed by atoms with Crippen molar-refractivity contribution in [2.24, 2.45) is 5.92 Å². The first-order valence-corrected chi connectivity index (χ1v) is 10.1. The maximum absolute atomic E-state index is 12.0. The smallest absolute Gasteiger partial charge is 0.230 e. The predicted molar refractivity (Wildman–Crippen MR) is 107 cm³/mol. The van der Waals surface area contributed by atoms with E-state index in [0.717, 1.165) is 28.7 Å². The van der Waals surface area contributed by atoms with Crippen LogP contribution in [-0.2, 0) is 16.1 Å². The van der Waals surface area contributed by atoms with Crippen LogP contribution in [0.1, 0.15) is 26.3 Å². The molecule has 2 N–H and O–H groups in total. The summed E-state index contributed by atoms with van der Waals surface area (Å²) in [5.41, 5.74) is 2.18. The number of hydrogen-bond donors (Lipinski definition) is 2. The van der Waals surface area contributed by atoms with Crippen molar-refractivity contribution in [3.05, 3.63) is 29.8 Å². The molecule has 1 aromatic heterocycles. The van der Waals surface area contributed by atoms with E-state index in [1.165, 1.54) is 11.8 Å². The molecule has 7 nitrogen and oxygen atoms in total. The zero-order valence-corrected chi connectivity index (χ0v) is 17.1. The summed E-state index contributed by atoms with van der Waals surface area (Å²) in [5.74, 6) is 0.893. The lowest BCUT2D eigenvalue weighted by molar-refractivity contribution is -0.124. The first kappa shape index (κ1) is 21.0. The first-order valence-electron chi connectivity index (χ1n) is 9.09. The zero-order valence-electron chi connectivity index (χ0n) is 16.3. The summed E-state index contributed by atoms with van der Waals surface area (Å²) < 4.78 is 2.01. The summed E-state index contributed by atoms with van der Waals surface area (Å²) in [5, 5.41) is 14.8. The van der Waals surface area contributed by atoms with E-state index in [9.17, 15) is 9.59 Å². The molecule has 0 atom stereocenters. The SMILES string of the molecule is CCn1c(SCC(=O)NCCNC(=O)C(C)C)nnc1-c1cccc(C)c1. The van der Waals surface area contributed by atoms with E-state index in [2.05, 4.69) is 26.9 Å². The van der Waals surface area contributed by atoms with Crippen LogP contribution in [0, 0.1) is 12.8 Å². The second-order valence-electron chi connectivity index (χ2n) is 6.50. The average molecular weight is 390 g/mol. The van der Waals surface area contributed by atoms with E-state index in [1.54, 1.807) is 0 Å². The van der Waals surface area contributed by atoms with Crippen molar-refractivity contribution in [1.82, 2.24) is 25.4 Å². The molecular weight excluding hydrogens is 362 g/mol. The predicted octanol–water partition coefficient (Wildman–Crippen LogP) is 2.25. The number of aryl methyl sites for hydroxylation is 1. The van der Waals surface area contributed by atoms with E-state index in [-0.39, 0.29) is 23.5 Å². The number of hydrogen-bond acceptors (Lipinski definition) is 5. The normalized spacial score (nSPS) is 10.9. The van der Waals surface area contributed by atoms with Crippen LogP contribution in [0.5, 0.6) is 0 Å². The molecule has 0 saturated carbocycles. The first-order chi connectivity index (χ1) is 12.9. The van der Waals surface area contributed by atoms with Gasteiger partial charge in [0, 0.05) is 31.1 Å². The Morgan fingerprint density at radius 3 is 2.59 bits per heavy atom. The van der Waals surface area contributed by atoms with Crippen molar-refractivity contribution in [2.45, 2.75) is 39.4 Å². The van der Waals surface area contributed by atoms with Crippen LogP contribution in [0.25, 0.3) is 11.4 Å². The van der Waals surface area contributed by atoms with Crippen LogP contribution >= 0.6 is 11.8 Å². The maximum atomic E-state index is 12.0. The van der Waals surface area contributed by atoms with Gasteiger partial charge >= 0.3 is 0 Å². The summed E-state index contributed by atoms with van der Waals surface area (Å²) in [6, 6.07) is 8.12. The topological polar surface area (TPSA) is 88.9 Å². The van der Waals surface area contributed by atoms with Crippen LogP contribution in [0.15, 0.2) is 29.4 Å². The van der Waals surface area contributed by atoms with E-state index in [0.29, 0.717) is 13.1 Å². The van der Waals surface area contributed by atoms with Crippen molar-refractivity contribution in [3.8, 4) is 11.4 Å². The lowest BCUT2D eigenvalue weighted by Gasteiger charge is -2.09. The Labute approximate surface area is 164 Å². The molecule has 27 heavy (non-hydrogen) atoms. The third-order valence-corrected chi connectivity index (χ3v) is 4.88. The fraction of sp³-hybridized carbons (Fsp3) is 0.474. The molecule has 0 bridgehead atoms. The molecule has 0 unspecified atom stereocenters. The number of carbonyl (C=O) groups is 2. The number of carbonyl (C=O) groups excluding carboxylic acids is 2. The van der Waals surface area contributed by atoms with Crippen LogP contribution in [-0.4, -0.2) is 45.4 Å². The van der Waals surface area contributed by atoms with Gasteiger partial charge in [0.25, 0.3) is 0 Å². The molecule has 8 heteroatoms. The summed E-state index contributed by atoms with van der Waals surface area (Å²) in [6.45, 7) is 9.30. The van der Waals surface area contributed by atoms with Gasteiger partial charge in [0.1, 0.15) is 0 Å². The van der Waals surface area contributed by atoms with Gasteiger partial charge in [0.05, 0.1) is 5.75 Å². The Hall–Kier alpha value is -2.35. The van der Waals surface area contributed by atoms with Gasteiger partial charge < -0.3 is 15.2 Å². The number of amides is 2. The molecule has 2 rings (SSSR count). The van der Waals surface area contributed by atoms with Gasteiger partial charge in [-0.25, -0.2) is 0 Å². The minimum absolute atomic E-state index is 0.0154. The molecule has 1 aromatic carbocycles. The van der Waals surface area contributed by atoms with E-state index >= 15 is 0 Å². The van der Waals surface area contributed by atoms with Crippen molar-refractivity contribution in [2.75, 3.05) is 18.8 Å².